The molecule has 1 aliphatic rings. The van der Waals surface area contributed by atoms with Gasteiger partial charge in [0.2, 0.25) is 0 Å². The van der Waals surface area contributed by atoms with Crippen LogP contribution >= 0.6 is 0 Å². The summed E-state index contributed by atoms with van der Waals surface area (Å²) in [5, 5.41) is 30.2. The van der Waals surface area contributed by atoms with Gasteiger partial charge in [0.25, 0.3) is 5.69 Å². The van der Waals surface area contributed by atoms with Crippen molar-refractivity contribution >= 4 is 17.2 Å². The van der Waals surface area contributed by atoms with E-state index in [4.69, 9.17) is 5.26 Å². The van der Waals surface area contributed by atoms with Crippen molar-refractivity contribution in [1.82, 2.24) is 0 Å². The number of nitriles is 1. The van der Waals surface area contributed by atoms with Gasteiger partial charge >= 0.3 is 0 Å². The molecule has 1 aliphatic heterocycles. The summed E-state index contributed by atoms with van der Waals surface area (Å²) in [6.45, 7) is 0.292. The topological polar surface area (TPSA) is 107 Å². The van der Waals surface area contributed by atoms with Crippen LogP contribution in [0, 0.1) is 21.4 Å². The first-order valence-corrected chi connectivity index (χ1v) is 7.66. The molecule has 0 aliphatic carbocycles. The number of aliphatic hydroxyl groups is 1. The zero-order valence-electron chi connectivity index (χ0n) is 13.3. The van der Waals surface area contributed by atoms with Crippen LogP contribution in [0.25, 0.3) is 0 Å². The van der Waals surface area contributed by atoms with Gasteiger partial charge in [0.1, 0.15) is 11.3 Å². The number of hydrogen-bond donors (Lipinski definition) is 1. The highest BCUT2D eigenvalue weighted by molar-refractivity contribution is 6.09. The number of carbonyl (C=O) groups is 1. The molecule has 25 heavy (non-hydrogen) atoms. The van der Waals surface area contributed by atoms with Crippen molar-refractivity contribution in [2.75, 3.05) is 18.0 Å². The van der Waals surface area contributed by atoms with E-state index in [0.717, 1.165) is 0 Å². The summed E-state index contributed by atoms with van der Waals surface area (Å²) in [5.74, 6) is -0.292. The molecule has 0 atom stereocenters. The predicted molar refractivity (Wildman–Crippen MR) is 90.4 cm³/mol. The summed E-state index contributed by atoms with van der Waals surface area (Å²) >= 11 is 0. The lowest BCUT2D eigenvalue weighted by atomic mass is 9.90. The molecule has 1 heterocycles. The third-order valence-corrected chi connectivity index (χ3v) is 4.19. The largest absolute Gasteiger partial charge is 0.385 e. The molecule has 0 unspecified atom stereocenters. The van der Waals surface area contributed by atoms with Crippen LogP contribution in [0.5, 0.6) is 0 Å². The molecule has 2 aromatic carbocycles. The van der Waals surface area contributed by atoms with Gasteiger partial charge in [-0.2, -0.15) is 5.26 Å². The van der Waals surface area contributed by atoms with Gasteiger partial charge in [-0.1, -0.05) is 30.3 Å². The van der Waals surface area contributed by atoms with Crippen molar-refractivity contribution in [2.45, 2.75) is 12.0 Å². The van der Waals surface area contributed by atoms with Crippen LogP contribution in [0.2, 0.25) is 0 Å². The average molecular weight is 337 g/mol. The maximum atomic E-state index is 12.5. The van der Waals surface area contributed by atoms with E-state index in [1.807, 2.05) is 6.07 Å². The van der Waals surface area contributed by atoms with Crippen molar-refractivity contribution in [3.05, 3.63) is 69.8 Å². The molecule has 3 rings (SSSR count). The Morgan fingerprint density at radius 1 is 1.24 bits per heavy atom. The number of β-amino-alcohol motifs (C(OH)–C–C–N with tert-alkyl or cyclic N) is 1. The number of ketones is 1. The molecule has 7 heteroatoms. The van der Waals surface area contributed by atoms with E-state index in [-0.39, 0.29) is 36.5 Å². The first-order valence-electron chi connectivity index (χ1n) is 7.66. The quantitative estimate of drug-likeness (QED) is 0.509. The van der Waals surface area contributed by atoms with Gasteiger partial charge in [0.15, 0.2) is 5.78 Å². The van der Waals surface area contributed by atoms with Gasteiger partial charge < -0.3 is 10.0 Å². The zero-order valence-corrected chi connectivity index (χ0v) is 13.3. The van der Waals surface area contributed by atoms with Gasteiger partial charge in [-0.3, -0.25) is 14.9 Å². The molecule has 0 amide bonds. The van der Waals surface area contributed by atoms with Crippen molar-refractivity contribution in [2.24, 2.45) is 0 Å². The Balaban J connectivity index is 1.89. The minimum absolute atomic E-state index is 0.0259. The molecule has 2 aromatic rings. The summed E-state index contributed by atoms with van der Waals surface area (Å²) in [6, 6.07) is 14.8. The number of nitrogens with zero attached hydrogens (tertiary/aromatic N) is 3. The van der Waals surface area contributed by atoms with E-state index < -0.39 is 10.5 Å². The maximum Gasteiger partial charge on any atom is 0.293 e. The molecule has 7 nitrogen and oxygen atoms in total. The lowest BCUT2D eigenvalue weighted by Crippen LogP contribution is -2.61. The third kappa shape index (κ3) is 3.20. The smallest absolute Gasteiger partial charge is 0.293 e. The summed E-state index contributed by atoms with van der Waals surface area (Å²) in [7, 11) is 0. The van der Waals surface area contributed by atoms with E-state index in [1.165, 1.54) is 12.1 Å². The fourth-order valence-corrected chi connectivity index (χ4v) is 2.93. The summed E-state index contributed by atoms with van der Waals surface area (Å²) in [6.07, 6.45) is -0.0259. The number of anilines is 1. The Morgan fingerprint density at radius 3 is 2.52 bits per heavy atom. The molecular weight excluding hydrogens is 322 g/mol. The van der Waals surface area contributed by atoms with Crippen molar-refractivity contribution in [3.8, 4) is 6.07 Å². The Labute approximate surface area is 143 Å². The highest BCUT2D eigenvalue weighted by atomic mass is 16.6. The van der Waals surface area contributed by atoms with Gasteiger partial charge in [0, 0.05) is 30.3 Å². The van der Waals surface area contributed by atoms with Gasteiger partial charge in [-0.25, -0.2) is 0 Å². The molecule has 1 fully saturated rings. The second-order valence-electron chi connectivity index (χ2n) is 6.07. The Kier molecular flexibility index (Phi) is 4.21. The standard InChI is InChI=1S/C18H15N3O4/c19-9-8-18(23)11-20(12-18)15-7-6-14(10-16(15)21(24)25)17(22)13-4-2-1-3-5-13/h1-7,10,23H,8,11-12H2. The van der Waals surface area contributed by atoms with Crippen LogP contribution in [-0.4, -0.2) is 34.5 Å². The van der Waals surface area contributed by atoms with Crippen LogP contribution in [-0.2, 0) is 0 Å². The van der Waals surface area contributed by atoms with E-state index in [1.54, 1.807) is 41.3 Å². The highest BCUT2D eigenvalue weighted by Gasteiger charge is 2.43. The summed E-state index contributed by atoms with van der Waals surface area (Å²) in [5.41, 5.74) is -0.314. The predicted octanol–water partition coefficient (Wildman–Crippen LogP) is 2.29. The van der Waals surface area contributed by atoms with Crippen LogP contribution in [0.4, 0.5) is 11.4 Å². The van der Waals surface area contributed by atoms with Crippen LogP contribution in [0.3, 0.4) is 0 Å². The fraction of sp³-hybridized carbons (Fsp3) is 0.222. The first kappa shape index (κ1) is 16.6. The third-order valence-electron chi connectivity index (χ3n) is 4.19. The van der Waals surface area contributed by atoms with Crippen LogP contribution in [0.15, 0.2) is 48.5 Å². The number of nitro groups is 1. The Morgan fingerprint density at radius 2 is 1.92 bits per heavy atom. The minimum Gasteiger partial charge on any atom is -0.385 e. The number of rotatable bonds is 5. The molecule has 0 aromatic heterocycles. The van der Waals surface area contributed by atoms with E-state index in [9.17, 15) is 20.0 Å². The van der Waals surface area contributed by atoms with Crippen LogP contribution < -0.4 is 4.90 Å². The number of nitro benzene ring substituents is 1. The number of carbonyl (C=O) groups excluding carboxylic acids is 1. The molecule has 1 N–H and O–H groups in total. The van der Waals surface area contributed by atoms with Gasteiger partial charge in [-0.05, 0) is 12.1 Å². The zero-order chi connectivity index (χ0) is 18.0. The summed E-state index contributed by atoms with van der Waals surface area (Å²) in [4.78, 5) is 25.0. The monoisotopic (exact) mass is 337 g/mol. The van der Waals surface area contributed by atoms with E-state index >= 15 is 0 Å². The fourth-order valence-electron chi connectivity index (χ4n) is 2.93. The summed E-state index contributed by atoms with van der Waals surface area (Å²) < 4.78 is 0. The normalized spacial score (nSPS) is 15.1. The molecule has 0 saturated carbocycles. The number of hydrogen-bond acceptors (Lipinski definition) is 6. The first-order chi connectivity index (χ1) is 11.9. The Hall–Kier alpha value is -3.24. The van der Waals surface area contributed by atoms with Gasteiger partial charge in [0.05, 0.1) is 17.4 Å². The van der Waals surface area contributed by atoms with Crippen molar-refractivity contribution < 1.29 is 14.8 Å². The minimum atomic E-state index is -1.14. The molecule has 0 bridgehead atoms. The average Bonchev–Trinajstić information content (AvgIpc) is 2.59. The van der Waals surface area contributed by atoms with E-state index in [0.29, 0.717) is 11.3 Å². The van der Waals surface area contributed by atoms with Crippen molar-refractivity contribution in [3.63, 3.8) is 0 Å². The molecule has 126 valence electrons. The number of benzene rings is 2. The van der Waals surface area contributed by atoms with E-state index in [2.05, 4.69) is 0 Å². The van der Waals surface area contributed by atoms with Crippen molar-refractivity contribution in [1.29, 1.82) is 5.26 Å². The second-order valence-corrected chi connectivity index (χ2v) is 6.07. The lowest BCUT2D eigenvalue weighted by molar-refractivity contribution is -0.384. The molecule has 1 saturated heterocycles. The van der Waals surface area contributed by atoms with Crippen LogP contribution in [0.1, 0.15) is 22.3 Å². The molecule has 0 spiro atoms. The maximum absolute atomic E-state index is 12.5. The SMILES string of the molecule is N#CCC1(O)CN(c2ccc(C(=O)c3ccccc3)cc2[N+](=O)[O-])C1. The molecular formula is C18H15N3O4. The Bertz CT molecular complexity index is 868. The lowest BCUT2D eigenvalue weighted by Gasteiger charge is -2.46. The highest BCUT2D eigenvalue weighted by Crippen LogP contribution is 2.36. The molecule has 0 radical (unpaired) electrons. The second kappa shape index (κ2) is 6.34. The van der Waals surface area contributed by atoms with Gasteiger partial charge in [-0.15, -0.1) is 0 Å².